The van der Waals surface area contributed by atoms with E-state index in [1.165, 1.54) is 5.69 Å². The second kappa shape index (κ2) is 4.99. The number of hydrogen-bond donors (Lipinski definition) is 0. The summed E-state index contributed by atoms with van der Waals surface area (Å²) in [7, 11) is 0. The number of nitrogens with zero attached hydrogens (tertiary/aromatic N) is 2. The largest absolute Gasteiger partial charge is 0.456 e. The Labute approximate surface area is 100 Å². The topological polar surface area (TPSA) is 48.0 Å². The minimum absolute atomic E-state index is 0.362. The van der Waals surface area contributed by atoms with E-state index in [4.69, 9.17) is 4.42 Å². The molecule has 0 aliphatic rings. The first kappa shape index (κ1) is 11.6. The van der Waals surface area contributed by atoms with Crippen molar-refractivity contribution in [2.24, 2.45) is 0 Å². The Bertz CT molecular complexity index is 511. The summed E-state index contributed by atoms with van der Waals surface area (Å²) in [6.07, 6.45) is 2.58. The standard InChI is InChI=1S/C13H16N2O2/c1-3-10-7-11(4-2)15(14-10)8-12-5-6-13(9-16)17-12/h5-7,9H,3-4,8H2,1-2H3. The third-order valence-electron chi connectivity index (χ3n) is 2.74. The third-order valence-corrected chi connectivity index (χ3v) is 2.74. The predicted molar refractivity (Wildman–Crippen MR) is 64.2 cm³/mol. The molecule has 4 heteroatoms. The van der Waals surface area contributed by atoms with E-state index < -0.39 is 0 Å². The van der Waals surface area contributed by atoms with Gasteiger partial charge in [0.1, 0.15) is 5.76 Å². The minimum atomic E-state index is 0.362. The highest BCUT2D eigenvalue weighted by atomic mass is 16.3. The highest BCUT2D eigenvalue weighted by Crippen LogP contribution is 2.12. The summed E-state index contributed by atoms with van der Waals surface area (Å²) >= 11 is 0. The number of carbonyl (C=O) groups is 1. The molecular weight excluding hydrogens is 216 g/mol. The molecule has 0 aliphatic carbocycles. The van der Waals surface area contributed by atoms with Crippen molar-refractivity contribution in [2.75, 3.05) is 0 Å². The Morgan fingerprint density at radius 3 is 2.76 bits per heavy atom. The average Bonchev–Trinajstić information content (AvgIpc) is 2.95. The molecule has 0 N–H and O–H groups in total. The lowest BCUT2D eigenvalue weighted by Gasteiger charge is -2.02. The first-order valence-electron chi connectivity index (χ1n) is 5.86. The van der Waals surface area contributed by atoms with Gasteiger partial charge >= 0.3 is 0 Å². The number of hydrogen-bond acceptors (Lipinski definition) is 3. The summed E-state index contributed by atoms with van der Waals surface area (Å²) in [6, 6.07) is 5.61. The van der Waals surface area contributed by atoms with Crippen LogP contribution in [0, 0.1) is 0 Å². The van der Waals surface area contributed by atoms with E-state index in [-0.39, 0.29) is 0 Å². The zero-order valence-corrected chi connectivity index (χ0v) is 10.1. The zero-order chi connectivity index (χ0) is 12.3. The molecule has 0 aliphatic heterocycles. The number of carbonyl (C=O) groups excluding carboxylic acids is 1. The molecule has 4 nitrogen and oxygen atoms in total. The van der Waals surface area contributed by atoms with Crippen LogP contribution in [0.4, 0.5) is 0 Å². The SMILES string of the molecule is CCc1cc(CC)n(Cc2ccc(C=O)o2)n1. The number of furan rings is 1. The van der Waals surface area contributed by atoms with Crippen molar-refractivity contribution in [1.29, 1.82) is 0 Å². The lowest BCUT2D eigenvalue weighted by molar-refractivity contribution is 0.109. The number of aldehydes is 1. The van der Waals surface area contributed by atoms with E-state index in [2.05, 4.69) is 25.0 Å². The molecule has 90 valence electrons. The first-order chi connectivity index (χ1) is 8.26. The number of aromatic nitrogens is 2. The highest BCUT2D eigenvalue weighted by molar-refractivity contribution is 5.70. The van der Waals surface area contributed by atoms with E-state index in [9.17, 15) is 4.79 Å². The van der Waals surface area contributed by atoms with Gasteiger partial charge in [0, 0.05) is 5.69 Å². The predicted octanol–water partition coefficient (Wildman–Crippen LogP) is 2.46. The molecule has 0 amide bonds. The summed E-state index contributed by atoms with van der Waals surface area (Å²) in [5, 5.41) is 4.50. The van der Waals surface area contributed by atoms with Gasteiger partial charge in [-0.1, -0.05) is 13.8 Å². The van der Waals surface area contributed by atoms with Crippen LogP contribution in [0.2, 0.25) is 0 Å². The highest BCUT2D eigenvalue weighted by Gasteiger charge is 2.08. The molecule has 0 radical (unpaired) electrons. The van der Waals surface area contributed by atoms with E-state index in [0.717, 1.165) is 24.3 Å². The lowest BCUT2D eigenvalue weighted by atomic mass is 10.2. The molecule has 0 aromatic carbocycles. The van der Waals surface area contributed by atoms with Crippen molar-refractivity contribution in [1.82, 2.24) is 9.78 Å². The Kier molecular flexibility index (Phi) is 3.42. The smallest absolute Gasteiger partial charge is 0.185 e. The Morgan fingerprint density at radius 1 is 1.35 bits per heavy atom. The minimum Gasteiger partial charge on any atom is -0.456 e. The van der Waals surface area contributed by atoms with Crippen molar-refractivity contribution in [2.45, 2.75) is 33.2 Å². The van der Waals surface area contributed by atoms with Crippen LogP contribution in [0.15, 0.2) is 22.6 Å². The van der Waals surface area contributed by atoms with Crippen molar-refractivity contribution in [3.63, 3.8) is 0 Å². The molecule has 0 fully saturated rings. The second-order valence-electron chi connectivity index (χ2n) is 3.91. The van der Waals surface area contributed by atoms with Crippen LogP contribution < -0.4 is 0 Å². The fourth-order valence-corrected chi connectivity index (χ4v) is 1.80. The zero-order valence-electron chi connectivity index (χ0n) is 10.1. The molecule has 0 unspecified atom stereocenters. The number of rotatable bonds is 5. The number of aryl methyl sites for hydroxylation is 2. The van der Waals surface area contributed by atoms with Crippen LogP contribution in [0.1, 0.15) is 41.6 Å². The average molecular weight is 232 g/mol. The molecule has 0 saturated heterocycles. The van der Waals surface area contributed by atoms with Gasteiger partial charge in [0.25, 0.3) is 0 Å². The van der Waals surface area contributed by atoms with E-state index >= 15 is 0 Å². The summed E-state index contributed by atoms with van der Waals surface area (Å²) < 4.78 is 7.29. The maximum atomic E-state index is 10.5. The van der Waals surface area contributed by atoms with Gasteiger partial charge in [-0.3, -0.25) is 9.48 Å². The van der Waals surface area contributed by atoms with Crippen molar-refractivity contribution < 1.29 is 9.21 Å². The van der Waals surface area contributed by atoms with E-state index in [0.29, 0.717) is 18.6 Å². The van der Waals surface area contributed by atoms with Crippen LogP contribution in [0.3, 0.4) is 0 Å². The second-order valence-corrected chi connectivity index (χ2v) is 3.91. The van der Waals surface area contributed by atoms with Crippen molar-refractivity contribution in [3.05, 3.63) is 41.1 Å². The quantitative estimate of drug-likeness (QED) is 0.744. The summed E-state index contributed by atoms with van der Waals surface area (Å²) in [5.74, 6) is 1.12. The van der Waals surface area contributed by atoms with Gasteiger partial charge in [0.15, 0.2) is 12.0 Å². The van der Waals surface area contributed by atoms with Gasteiger partial charge < -0.3 is 4.42 Å². The Morgan fingerprint density at radius 2 is 2.18 bits per heavy atom. The Balaban J connectivity index is 2.22. The van der Waals surface area contributed by atoms with Gasteiger partial charge in [0.05, 0.1) is 12.2 Å². The molecule has 2 aromatic heterocycles. The van der Waals surface area contributed by atoms with Gasteiger partial charge in [-0.25, -0.2) is 0 Å². The molecule has 0 spiro atoms. The van der Waals surface area contributed by atoms with Gasteiger partial charge in [-0.2, -0.15) is 5.10 Å². The normalized spacial score (nSPS) is 10.7. The molecule has 0 saturated carbocycles. The van der Waals surface area contributed by atoms with Gasteiger partial charge in [-0.15, -0.1) is 0 Å². The van der Waals surface area contributed by atoms with Crippen molar-refractivity contribution in [3.8, 4) is 0 Å². The van der Waals surface area contributed by atoms with Gasteiger partial charge in [0.2, 0.25) is 0 Å². The molecule has 0 bridgehead atoms. The van der Waals surface area contributed by atoms with Crippen LogP contribution in [0.5, 0.6) is 0 Å². The molecule has 0 atom stereocenters. The first-order valence-corrected chi connectivity index (χ1v) is 5.86. The molecule has 2 aromatic rings. The molecule has 17 heavy (non-hydrogen) atoms. The van der Waals surface area contributed by atoms with Gasteiger partial charge in [-0.05, 0) is 31.0 Å². The molecule has 2 heterocycles. The summed E-state index contributed by atoms with van der Waals surface area (Å²) in [5.41, 5.74) is 2.27. The van der Waals surface area contributed by atoms with Crippen LogP contribution in [-0.4, -0.2) is 16.1 Å². The fraction of sp³-hybridized carbons (Fsp3) is 0.385. The fourth-order valence-electron chi connectivity index (χ4n) is 1.80. The van der Waals surface area contributed by atoms with Crippen molar-refractivity contribution >= 4 is 6.29 Å². The maximum absolute atomic E-state index is 10.5. The van der Waals surface area contributed by atoms with E-state index in [1.54, 1.807) is 6.07 Å². The Hall–Kier alpha value is -1.84. The van der Waals surface area contributed by atoms with Crippen LogP contribution >= 0.6 is 0 Å². The summed E-state index contributed by atoms with van der Waals surface area (Å²) in [4.78, 5) is 10.5. The van der Waals surface area contributed by atoms with Crippen LogP contribution in [0.25, 0.3) is 0 Å². The molecule has 2 rings (SSSR count). The molecular formula is C13H16N2O2. The summed E-state index contributed by atoms with van der Waals surface area (Å²) in [6.45, 7) is 4.77. The van der Waals surface area contributed by atoms with Crippen LogP contribution in [-0.2, 0) is 19.4 Å². The third kappa shape index (κ3) is 2.46. The maximum Gasteiger partial charge on any atom is 0.185 e. The monoisotopic (exact) mass is 232 g/mol. The van der Waals surface area contributed by atoms with E-state index in [1.807, 2.05) is 10.7 Å². The lowest BCUT2D eigenvalue weighted by Crippen LogP contribution is -2.05.